The Labute approximate surface area is 93.8 Å². The zero-order valence-electron chi connectivity index (χ0n) is 8.42. The molecular weight excluding hydrogens is 224 g/mol. The molecule has 0 saturated heterocycles. The quantitative estimate of drug-likeness (QED) is 0.813. The average Bonchev–Trinajstić information content (AvgIpc) is 2.26. The standard InChI is InChI=1S/C12H10O3S/c1-2-10-11-6-4-3-5-9(11)7-8-12(10)16(13,14)15/h2-8H,1H2,(H,13,14,15). The Balaban J connectivity index is 2.94. The number of rotatable bonds is 2. The molecule has 0 aliphatic heterocycles. The second kappa shape index (κ2) is 3.73. The highest BCUT2D eigenvalue weighted by Gasteiger charge is 2.15. The van der Waals surface area contributed by atoms with Crippen LogP contribution in [0.2, 0.25) is 0 Å². The lowest BCUT2D eigenvalue weighted by molar-refractivity contribution is 0.483. The van der Waals surface area contributed by atoms with Crippen LogP contribution in [-0.2, 0) is 10.1 Å². The first kappa shape index (κ1) is 10.9. The van der Waals surface area contributed by atoms with E-state index in [1.54, 1.807) is 12.1 Å². The molecule has 2 aromatic carbocycles. The summed E-state index contributed by atoms with van der Waals surface area (Å²) in [5.74, 6) is 0. The monoisotopic (exact) mass is 234 g/mol. The topological polar surface area (TPSA) is 54.4 Å². The highest BCUT2D eigenvalue weighted by molar-refractivity contribution is 7.86. The molecule has 0 fully saturated rings. The summed E-state index contributed by atoms with van der Waals surface area (Å²) in [6.45, 7) is 3.58. The smallest absolute Gasteiger partial charge is 0.282 e. The van der Waals surface area contributed by atoms with Gasteiger partial charge in [-0.3, -0.25) is 4.55 Å². The van der Waals surface area contributed by atoms with Crippen LogP contribution in [0.4, 0.5) is 0 Å². The molecule has 0 bridgehead atoms. The van der Waals surface area contributed by atoms with Crippen LogP contribution < -0.4 is 0 Å². The molecule has 0 aliphatic rings. The van der Waals surface area contributed by atoms with Gasteiger partial charge >= 0.3 is 0 Å². The van der Waals surface area contributed by atoms with E-state index in [1.807, 2.05) is 18.2 Å². The second-order valence-corrected chi connectivity index (χ2v) is 4.77. The predicted octanol–water partition coefficient (Wildman–Crippen LogP) is 2.73. The molecule has 2 rings (SSSR count). The van der Waals surface area contributed by atoms with Crippen LogP contribution in [0.1, 0.15) is 5.56 Å². The Morgan fingerprint density at radius 1 is 1.12 bits per heavy atom. The first-order chi connectivity index (χ1) is 7.54. The van der Waals surface area contributed by atoms with Crippen LogP contribution in [0, 0.1) is 0 Å². The van der Waals surface area contributed by atoms with Crippen molar-refractivity contribution in [1.82, 2.24) is 0 Å². The lowest BCUT2D eigenvalue weighted by atomic mass is 10.0. The van der Waals surface area contributed by atoms with E-state index >= 15 is 0 Å². The zero-order chi connectivity index (χ0) is 11.8. The third-order valence-corrected chi connectivity index (χ3v) is 3.32. The molecule has 16 heavy (non-hydrogen) atoms. The number of benzene rings is 2. The van der Waals surface area contributed by atoms with Gasteiger partial charge < -0.3 is 0 Å². The molecule has 0 radical (unpaired) electrons. The molecule has 2 aromatic rings. The van der Waals surface area contributed by atoms with Gasteiger partial charge in [0.05, 0.1) is 0 Å². The minimum atomic E-state index is -4.21. The fourth-order valence-corrected chi connectivity index (χ4v) is 2.42. The van der Waals surface area contributed by atoms with E-state index in [2.05, 4.69) is 6.58 Å². The molecule has 0 aromatic heterocycles. The summed E-state index contributed by atoms with van der Waals surface area (Å²) in [6.07, 6.45) is 1.44. The molecule has 4 heteroatoms. The first-order valence-electron chi connectivity index (χ1n) is 4.65. The van der Waals surface area contributed by atoms with E-state index in [9.17, 15) is 8.42 Å². The molecule has 0 atom stereocenters. The third-order valence-electron chi connectivity index (χ3n) is 2.41. The Morgan fingerprint density at radius 3 is 2.44 bits per heavy atom. The highest BCUT2D eigenvalue weighted by Crippen LogP contribution is 2.26. The Kier molecular flexibility index (Phi) is 2.53. The van der Waals surface area contributed by atoms with Crippen LogP contribution in [0.25, 0.3) is 16.8 Å². The molecule has 0 unspecified atom stereocenters. The van der Waals surface area contributed by atoms with Gasteiger partial charge in [-0.15, -0.1) is 0 Å². The Bertz CT molecular complexity index is 657. The lowest BCUT2D eigenvalue weighted by Crippen LogP contribution is -2.01. The van der Waals surface area contributed by atoms with E-state index in [0.29, 0.717) is 5.56 Å². The second-order valence-electron chi connectivity index (χ2n) is 3.38. The van der Waals surface area contributed by atoms with Gasteiger partial charge in [0.2, 0.25) is 0 Å². The van der Waals surface area contributed by atoms with Crippen molar-refractivity contribution in [1.29, 1.82) is 0 Å². The van der Waals surface area contributed by atoms with Crippen LogP contribution >= 0.6 is 0 Å². The maximum atomic E-state index is 11.2. The molecule has 1 N–H and O–H groups in total. The summed E-state index contributed by atoms with van der Waals surface area (Å²) in [6, 6.07) is 10.4. The highest BCUT2D eigenvalue weighted by atomic mass is 32.2. The summed E-state index contributed by atoms with van der Waals surface area (Å²) < 4.78 is 31.4. The van der Waals surface area contributed by atoms with Crippen molar-refractivity contribution in [3.05, 3.63) is 48.5 Å². The van der Waals surface area contributed by atoms with Gasteiger partial charge in [-0.1, -0.05) is 43.0 Å². The van der Waals surface area contributed by atoms with Crippen LogP contribution in [-0.4, -0.2) is 13.0 Å². The molecule has 0 saturated carbocycles. The number of fused-ring (bicyclic) bond motifs is 1. The fourth-order valence-electron chi connectivity index (χ4n) is 1.71. The van der Waals surface area contributed by atoms with Gasteiger partial charge in [0.1, 0.15) is 4.90 Å². The minimum absolute atomic E-state index is 0.110. The maximum Gasteiger partial charge on any atom is 0.295 e. The maximum absolute atomic E-state index is 11.2. The predicted molar refractivity (Wildman–Crippen MR) is 63.9 cm³/mol. The van der Waals surface area contributed by atoms with Gasteiger partial charge in [-0.05, 0) is 16.8 Å². The molecular formula is C12H10O3S. The van der Waals surface area contributed by atoms with E-state index in [4.69, 9.17) is 4.55 Å². The fraction of sp³-hybridized carbons (Fsp3) is 0. The summed E-state index contributed by atoms with van der Waals surface area (Å²) in [5, 5.41) is 1.66. The molecule has 0 heterocycles. The zero-order valence-corrected chi connectivity index (χ0v) is 9.24. The van der Waals surface area contributed by atoms with E-state index in [-0.39, 0.29) is 4.90 Å². The van der Waals surface area contributed by atoms with E-state index in [1.165, 1.54) is 12.1 Å². The van der Waals surface area contributed by atoms with Crippen LogP contribution in [0.3, 0.4) is 0 Å². The summed E-state index contributed by atoms with van der Waals surface area (Å²) >= 11 is 0. The van der Waals surface area contributed by atoms with Crippen LogP contribution in [0.15, 0.2) is 47.9 Å². The number of hydrogen-bond acceptors (Lipinski definition) is 2. The lowest BCUT2D eigenvalue weighted by Gasteiger charge is -2.06. The summed E-state index contributed by atoms with van der Waals surface area (Å²) in [5.41, 5.74) is 0.431. The molecule has 0 aliphatic carbocycles. The van der Waals surface area contributed by atoms with Crippen molar-refractivity contribution in [3.63, 3.8) is 0 Å². The molecule has 0 spiro atoms. The van der Waals surface area contributed by atoms with Gasteiger partial charge in [-0.2, -0.15) is 8.42 Å². The van der Waals surface area contributed by atoms with Crippen molar-refractivity contribution in [2.45, 2.75) is 4.90 Å². The van der Waals surface area contributed by atoms with Crippen molar-refractivity contribution < 1.29 is 13.0 Å². The summed E-state index contributed by atoms with van der Waals surface area (Å²) in [4.78, 5) is -0.110. The first-order valence-corrected chi connectivity index (χ1v) is 6.10. The van der Waals surface area contributed by atoms with E-state index < -0.39 is 10.1 Å². The van der Waals surface area contributed by atoms with Crippen molar-refractivity contribution in [2.75, 3.05) is 0 Å². The largest absolute Gasteiger partial charge is 0.295 e. The minimum Gasteiger partial charge on any atom is -0.282 e. The molecule has 0 amide bonds. The van der Waals surface area contributed by atoms with Gasteiger partial charge in [-0.25, -0.2) is 0 Å². The van der Waals surface area contributed by atoms with Crippen molar-refractivity contribution >= 4 is 27.0 Å². The SMILES string of the molecule is C=Cc1c(S(=O)(=O)O)ccc2ccccc12. The van der Waals surface area contributed by atoms with Gasteiger partial charge in [0.25, 0.3) is 10.1 Å². The number of hydrogen-bond donors (Lipinski definition) is 1. The van der Waals surface area contributed by atoms with Gasteiger partial charge in [0.15, 0.2) is 0 Å². The van der Waals surface area contributed by atoms with Crippen molar-refractivity contribution in [3.8, 4) is 0 Å². The summed E-state index contributed by atoms with van der Waals surface area (Å²) in [7, 11) is -4.21. The normalized spacial score (nSPS) is 11.6. The average molecular weight is 234 g/mol. The Hall–Kier alpha value is -1.65. The van der Waals surface area contributed by atoms with E-state index in [0.717, 1.165) is 10.8 Å². The van der Waals surface area contributed by atoms with Crippen LogP contribution in [0.5, 0.6) is 0 Å². The van der Waals surface area contributed by atoms with Crippen molar-refractivity contribution in [2.24, 2.45) is 0 Å². The van der Waals surface area contributed by atoms with Gasteiger partial charge in [0, 0.05) is 5.56 Å². The third kappa shape index (κ3) is 1.73. The Morgan fingerprint density at radius 2 is 1.81 bits per heavy atom. The molecule has 3 nitrogen and oxygen atoms in total. The molecule has 82 valence electrons.